The van der Waals surface area contributed by atoms with Crippen molar-refractivity contribution in [2.75, 3.05) is 38.7 Å². The second-order valence-electron chi connectivity index (χ2n) is 8.96. The van der Waals surface area contributed by atoms with Crippen LogP contribution in [0.5, 0.6) is 0 Å². The van der Waals surface area contributed by atoms with Crippen molar-refractivity contribution in [3.63, 3.8) is 0 Å². The van der Waals surface area contributed by atoms with Gasteiger partial charge in [-0.15, -0.1) is 0 Å². The lowest BCUT2D eigenvalue weighted by molar-refractivity contribution is 0.0763. The Morgan fingerprint density at radius 1 is 1.10 bits per heavy atom. The van der Waals surface area contributed by atoms with Gasteiger partial charge in [-0.05, 0) is 85.6 Å². The summed E-state index contributed by atoms with van der Waals surface area (Å²) in [6.07, 6.45) is 16.1. The van der Waals surface area contributed by atoms with Gasteiger partial charge in [0.2, 0.25) is 0 Å². The van der Waals surface area contributed by atoms with Gasteiger partial charge in [0.05, 0.1) is 0 Å². The van der Waals surface area contributed by atoms with Crippen molar-refractivity contribution in [3.8, 4) is 0 Å². The lowest BCUT2D eigenvalue weighted by Crippen LogP contribution is -2.26. The van der Waals surface area contributed by atoms with Gasteiger partial charge < -0.3 is 20.5 Å². The van der Waals surface area contributed by atoms with Crippen LogP contribution in [-0.2, 0) is 15.9 Å². The van der Waals surface area contributed by atoms with Gasteiger partial charge in [0.15, 0.2) is 0 Å². The minimum absolute atomic E-state index is 0.429. The normalized spacial score (nSPS) is 24.5. The summed E-state index contributed by atoms with van der Waals surface area (Å²) in [6, 6.07) is 2.69. The van der Waals surface area contributed by atoms with Crippen LogP contribution in [0.25, 0.3) is 0 Å². The Hall–Kier alpha value is -1.95. The molecule has 4 rings (SSSR count). The molecule has 5 heteroatoms. The summed E-state index contributed by atoms with van der Waals surface area (Å²) in [5.41, 5.74) is 11.4. The molecule has 168 valence electrons. The largest absolute Gasteiger partial charge is 0.383 e. The number of nitrogen functional groups attached to an aromatic ring is 1. The maximum Gasteiger partial charge on any atom is 0.126 e. The third-order valence-electron chi connectivity index (χ3n) is 6.97. The molecule has 0 amide bonds. The molecule has 0 saturated carbocycles. The minimum Gasteiger partial charge on any atom is -0.383 e. The van der Waals surface area contributed by atoms with E-state index in [0.717, 1.165) is 65.1 Å². The SMILES string of the molecule is C=C/C(=C(\C=C/Cc1cnc(N)c(C2CCOCC2)c1)C1CCOCC1)C1CCCN1. The molecule has 1 aromatic rings. The number of rotatable bonds is 7. The van der Waals surface area contributed by atoms with Crippen molar-refractivity contribution in [1.29, 1.82) is 0 Å². The van der Waals surface area contributed by atoms with E-state index in [1.807, 2.05) is 6.20 Å². The van der Waals surface area contributed by atoms with Crippen LogP contribution in [0.3, 0.4) is 0 Å². The first-order valence-corrected chi connectivity index (χ1v) is 11.9. The smallest absolute Gasteiger partial charge is 0.126 e. The van der Waals surface area contributed by atoms with E-state index in [9.17, 15) is 0 Å². The first-order valence-electron chi connectivity index (χ1n) is 11.9. The van der Waals surface area contributed by atoms with Crippen molar-refractivity contribution in [3.05, 3.63) is 59.3 Å². The van der Waals surface area contributed by atoms with Gasteiger partial charge in [0.1, 0.15) is 5.82 Å². The van der Waals surface area contributed by atoms with Crippen LogP contribution in [-0.4, -0.2) is 44.0 Å². The Bertz CT molecular complexity index is 799. The van der Waals surface area contributed by atoms with Crippen LogP contribution in [0.15, 0.2) is 48.2 Å². The number of allylic oxidation sites excluding steroid dienone is 3. The number of ether oxygens (including phenoxy) is 2. The Morgan fingerprint density at radius 3 is 2.52 bits per heavy atom. The van der Waals surface area contributed by atoms with Gasteiger partial charge in [-0.3, -0.25) is 0 Å². The summed E-state index contributed by atoms with van der Waals surface area (Å²) in [4.78, 5) is 4.50. The number of nitrogens with two attached hydrogens (primary N) is 1. The molecule has 0 bridgehead atoms. The van der Waals surface area contributed by atoms with Crippen molar-refractivity contribution in [1.82, 2.24) is 10.3 Å². The van der Waals surface area contributed by atoms with Crippen LogP contribution >= 0.6 is 0 Å². The Balaban J connectivity index is 1.53. The summed E-state index contributed by atoms with van der Waals surface area (Å²) < 4.78 is 11.1. The highest BCUT2D eigenvalue weighted by atomic mass is 16.5. The molecule has 3 fully saturated rings. The molecular weight excluding hydrogens is 386 g/mol. The highest BCUT2D eigenvalue weighted by Crippen LogP contribution is 2.32. The van der Waals surface area contributed by atoms with Crippen LogP contribution in [0.4, 0.5) is 5.82 Å². The van der Waals surface area contributed by atoms with E-state index in [2.05, 4.69) is 41.2 Å². The molecule has 1 atom stereocenters. The van der Waals surface area contributed by atoms with E-state index in [4.69, 9.17) is 15.2 Å². The first kappa shape index (κ1) is 22.3. The van der Waals surface area contributed by atoms with Crippen LogP contribution < -0.4 is 11.1 Å². The van der Waals surface area contributed by atoms with E-state index in [0.29, 0.717) is 23.7 Å². The van der Waals surface area contributed by atoms with Gasteiger partial charge in [-0.1, -0.05) is 30.9 Å². The Kier molecular flexibility index (Phi) is 7.95. The number of anilines is 1. The Labute approximate surface area is 186 Å². The molecule has 4 heterocycles. The zero-order valence-electron chi connectivity index (χ0n) is 18.7. The van der Waals surface area contributed by atoms with E-state index in [1.54, 1.807) is 0 Å². The molecule has 31 heavy (non-hydrogen) atoms. The standard InChI is InChI=1S/C26H37N3O2/c1-2-22(25-7-4-12-28-25)23(20-8-13-30-14-9-20)6-3-5-19-17-24(26(27)29-18-19)21-10-15-31-16-11-21/h2-3,6,17-18,20-21,25,28H,1,4-5,7-16H2,(H2,27,29)/b6-3-,23-22-. The molecule has 1 unspecified atom stereocenters. The fraction of sp³-hybridized carbons (Fsp3) is 0.577. The molecule has 1 aromatic heterocycles. The van der Waals surface area contributed by atoms with Crippen LogP contribution in [0, 0.1) is 5.92 Å². The molecule has 3 aliphatic rings. The molecule has 3 N–H and O–H groups in total. The molecule has 5 nitrogen and oxygen atoms in total. The fourth-order valence-corrected chi connectivity index (χ4v) is 5.20. The summed E-state index contributed by atoms with van der Waals surface area (Å²) in [7, 11) is 0. The van der Waals surface area contributed by atoms with Gasteiger partial charge in [0, 0.05) is 38.7 Å². The zero-order chi connectivity index (χ0) is 21.5. The predicted octanol–water partition coefficient (Wildman–Crippen LogP) is 4.32. The van der Waals surface area contributed by atoms with Crippen molar-refractivity contribution < 1.29 is 9.47 Å². The maximum absolute atomic E-state index is 6.21. The second kappa shape index (κ2) is 11.1. The molecule has 0 radical (unpaired) electrons. The first-order chi connectivity index (χ1) is 15.3. The van der Waals surface area contributed by atoms with Gasteiger partial charge in [0.25, 0.3) is 0 Å². The average Bonchev–Trinajstić information content (AvgIpc) is 3.35. The van der Waals surface area contributed by atoms with E-state index in [-0.39, 0.29) is 0 Å². The number of aromatic nitrogens is 1. The summed E-state index contributed by atoms with van der Waals surface area (Å²) >= 11 is 0. The number of nitrogens with zero attached hydrogens (tertiary/aromatic N) is 1. The molecular formula is C26H37N3O2. The molecule has 0 spiro atoms. The lowest BCUT2D eigenvalue weighted by atomic mass is 9.84. The van der Waals surface area contributed by atoms with E-state index >= 15 is 0 Å². The predicted molar refractivity (Wildman–Crippen MR) is 126 cm³/mol. The summed E-state index contributed by atoms with van der Waals surface area (Å²) in [6.45, 7) is 8.58. The molecule has 3 aliphatic heterocycles. The van der Waals surface area contributed by atoms with Crippen molar-refractivity contribution >= 4 is 5.82 Å². The van der Waals surface area contributed by atoms with Crippen molar-refractivity contribution in [2.45, 2.75) is 56.9 Å². The van der Waals surface area contributed by atoms with E-state index in [1.165, 1.54) is 35.1 Å². The van der Waals surface area contributed by atoms with Crippen LogP contribution in [0.1, 0.15) is 55.6 Å². The monoisotopic (exact) mass is 423 g/mol. The number of hydrogen-bond donors (Lipinski definition) is 2. The lowest BCUT2D eigenvalue weighted by Gasteiger charge is -2.27. The topological polar surface area (TPSA) is 69.4 Å². The van der Waals surface area contributed by atoms with Gasteiger partial charge in [-0.25, -0.2) is 4.98 Å². The number of nitrogens with one attached hydrogen (secondary N) is 1. The number of hydrogen-bond acceptors (Lipinski definition) is 5. The fourth-order valence-electron chi connectivity index (χ4n) is 5.20. The third-order valence-corrected chi connectivity index (χ3v) is 6.97. The van der Waals surface area contributed by atoms with Gasteiger partial charge in [-0.2, -0.15) is 0 Å². The summed E-state index contributed by atoms with van der Waals surface area (Å²) in [5.74, 6) is 1.68. The molecule has 3 saturated heterocycles. The molecule has 0 aromatic carbocycles. The molecule has 0 aliphatic carbocycles. The quantitative estimate of drug-likeness (QED) is 0.639. The van der Waals surface area contributed by atoms with Crippen LogP contribution in [0.2, 0.25) is 0 Å². The van der Waals surface area contributed by atoms with Crippen molar-refractivity contribution in [2.24, 2.45) is 5.92 Å². The third kappa shape index (κ3) is 5.65. The highest BCUT2D eigenvalue weighted by molar-refractivity contribution is 5.44. The highest BCUT2D eigenvalue weighted by Gasteiger charge is 2.24. The number of pyridine rings is 1. The second-order valence-corrected chi connectivity index (χ2v) is 8.96. The average molecular weight is 424 g/mol. The summed E-state index contributed by atoms with van der Waals surface area (Å²) in [5, 5.41) is 3.66. The Morgan fingerprint density at radius 2 is 1.84 bits per heavy atom. The van der Waals surface area contributed by atoms with E-state index < -0.39 is 0 Å². The maximum atomic E-state index is 6.21. The zero-order valence-corrected chi connectivity index (χ0v) is 18.7. The minimum atomic E-state index is 0.429. The van der Waals surface area contributed by atoms with Gasteiger partial charge >= 0.3 is 0 Å².